The van der Waals surface area contributed by atoms with Gasteiger partial charge >= 0.3 is 0 Å². The van der Waals surface area contributed by atoms with Gasteiger partial charge in [-0.2, -0.15) is 4.98 Å². The third-order valence-electron chi connectivity index (χ3n) is 3.36. The molecule has 110 valence electrons. The van der Waals surface area contributed by atoms with Gasteiger partial charge in [0.2, 0.25) is 5.89 Å². The van der Waals surface area contributed by atoms with Gasteiger partial charge in [0.05, 0.1) is 18.7 Å². The summed E-state index contributed by atoms with van der Waals surface area (Å²) in [5.74, 6) is 2.32. The van der Waals surface area contributed by atoms with Gasteiger partial charge in [0.1, 0.15) is 5.75 Å². The molecule has 0 aliphatic carbocycles. The van der Waals surface area contributed by atoms with Crippen LogP contribution in [0.4, 0.5) is 0 Å². The van der Waals surface area contributed by atoms with Crippen molar-refractivity contribution in [3.8, 4) is 5.75 Å². The van der Waals surface area contributed by atoms with Gasteiger partial charge in [0, 0.05) is 18.0 Å². The molecule has 0 aliphatic rings. The molecule has 0 radical (unpaired) electrons. The Bertz CT molecular complexity index is 730. The quantitative estimate of drug-likeness (QED) is 0.696. The van der Waals surface area contributed by atoms with Crippen molar-refractivity contribution in [2.45, 2.75) is 33.2 Å². The highest BCUT2D eigenvalue weighted by Crippen LogP contribution is 2.26. The van der Waals surface area contributed by atoms with Gasteiger partial charge in [-0.25, -0.2) is 0 Å². The molecule has 0 amide bonds. The lowest BCUT2D eigenvalue weighted by Crippen LogP contribution is -2.00. The first kappa shape index (κ1) is 13.7. The maximum absolute atomic E-state index is 5.66. The Kier molecular flexibility index (Phi) is 3.90. The maximum atomic E-state index is 5.66. The van der Waals surface area contributed by atoms with E-state index in [0.717, 1.165) is 29.5 Å². The van der Waals surface area contributed by atoms with Crippen LogP contribution < -0.4 is 4.74 Å². The lowest BCUT2D eigenvalue weighted by molar-refractivity contribution is 0.344. The average Bonchev–Trinajstić information content (AvgIpc) is 3.09. The first-order valence-corrected chi connectivity index (χ1v) is 7.34. The van der Waals surface area contributed by atoms with Crippen molar-refractivity contribution in [2.24, 2.45) is 0 Å². The molecule has 0 aliphatic heterocycles. The predicted molar refractivity (Wildman–Crippen MR) is 80.5 cm³/mol. The molecule has 0 fully saturated rings. The van der Waals surface area contributed by atoms with Gasteiger partial charge in [-0.15, -0.1) is 0 Å². The Morgan fingerprint density at radius 3 is 2.95 bits per heavy atom. The summed E-state index contributed by atoms with van der Waals surface area (Å²) in [6.45, 7) is 5.35. The lowest BCUT2D eigenvalue weighted by Gasteiger charge is -2.06. The van der Waals surface area contributed by atoms with Crippen molar-refractivity contribution in [3.05, 3.63) is 42.2 Å². The van der Waals surface area contributed by atoms with Crippen molar-refractivity contribution >= 4 is 10.9 Å². The standard InChI is InChI=1S/C16H19N3O2/c1-3-6-16-17-15(18-21-16)11-19-10-9-12-13(19)7-5-8-14(12)20-4-2/h5,7-10H,3-4,6,11H2,1-2H3. The molecule has 0 N–H and O–H groups in total. The van der Waals surface area contributed by atoms with Crippen LogP contribution in [0.25, 0.3) is 10.9 Å². The van der Waals surface area contributed by atoms with Crippen LogP contribution in [0.2, 0.25) is 0 Å². The summed E-state index contributed by atoms with van der Waals surface area (Å²) >= 11 is 0. The van der Waals surface area contributed by atoms with Crippen LogP contribution in [0.5, 0.6) is 5.75 Å². The zero-order valence-electron chi connectivity index (χ0n) is 12.4. The van der Waals surface area contributed by atoms with E-state index in [0.29, 0.717) is 24.9 Å². The first-order chi connectivity index (χ1) is 10.3. The minimum atomic E-state index is 0.603. The predicted octanol–water partition coefficient (Wildman–Crippen LogP) is 3.42. The van der Waals surface area contributed by atoms with E-state index in [4.69, 9.17) is 9.26 Å². The molecule has 2 aromatic heterocycles. The fraction of sp³-hybridized carbons (Fsp3) is 0.375. The number of aromatic nitrogens is 3. The zero-order valence-corrected chi connectivity index (χ0v) is 12.4. The topological polar surface area (TPSA) is 53.1 Å². The Balaban J connectivity index is 1.88. The molecule has 0 bridgehead atoms. The average molecular weight is 285 g/mol. The second-order valence-corrected chi connectivity index (χ2v) is 4.92. The Labute approximate surface area is 123 Å². The Morgan fingerprint density at radius 2 is 2.14 bits per heavy atom. The summed E-state index contributed by atoms with van der Waals surface area (Å²) in [4.78, 5) is 4.41. The van der Waals surface area contributed by atoms with E-state index in [1.165, 1.54) is 0 Å². The van der Waals surface area contributed by atoms with Crippen LogP contribution in [0.1, 0.15) is 32.0 Å². The number of hydrogen-bond donors (Lipinski definition) is 0. The van der Waals surface area contributed by atoms with Gasteiger partial charge in [-0.1, -0.05) is 18.1 Å². The molecular formula is C16H19N3O2. The molecule has 3 rings (SSSR count). The van der Waals surface area contributed by atoms with E-state index >= 15 is 0 Å². The number of rotatable bonds is 6. The zero-order chi connectivity index (χ0) is 14.7. The van der Waals surface area contributed by atoms with Crippen molar-refractivity contribution in [2.75, 3.05) is 6.61 Å². The highest BCUT2D eigenvalue weighted by molar-refractivity contribution is 5.86. The van der Waals surface area contributed by atoms with Crippen molar-refractivity contribution < 1.29 is 9.26 Å². The molecule has 3 aromatic rings. The second-order valence-electron chi connectivity index (χ2n) is 4.92. The fourth-order valence-electron chi connectivity index (χ4n) is 2.44. The van der Waals surface area contributed by atoms with Crippen LogP contribution in [0, 0.1) is 0 Å². The molecule has 0 saturated heterocycles. The molecule has 0 spiro atoms. The SMILES string of the molecule is CCCc1nc(Cn2ccc3c(OCC)cccc32)no1. The molecule has 5 nitrogen and oxygen atoms in total. The number of hydrogen-bond acceptors (Lipinski definition) is 4. The molecule has 0 atom stereocenters. The smallest absolute Gasteiger partial charge is 0.226 e. The number of nitrogens with zero attached hydrogens (tertiary/aromatic N) is 3. The number of fused-ring (bicyclic) bond motifs is 1. The first-order valence-electron chi connectivity index (χ1n) is 7.34. The van der Waals surface area contributed by atoms with Crippen molar-refractivity contribution in [1.82, 2.24) is 14.7 Å². The molecule has 5 heteroatoms. The largest absolute Gasteiger partial charge is 0.493 e. The summed E-state index contributed by atoms with van der Waals surface area (Å²) in [5, 5.41) is 5.15. The fourth-order valence-corrected chi connectivity index (χ4v) is 2.44. The third kappa shape index (κ3) is 2.77. The molecule has 1 aromatic carbocycles. The summed E-state index contributed by atoms with van der Waals surface area (Å²) in [5.41, 5.74) is 1.11. The van der Waals surface area contributed by atoms with Gasteiger partial charge in [0.15, 0.2) is 5.82 Å². The maximum Gasteiger partial charge on any atom is 0.226 e. The number of ether oxygens (including phenoxy) is 1. The third-order valence-corrected chi connectivity index (χ3v) is 3.36. The molecule has 0 saturated carbocycles. The number of benzene rings is 1. The minimum Gasteiger partial charge on any atom is -0.493 e. The summed E-state index contributed by atoms with van der Waals surface area (Å²) < 4.78 is 13.0. The van der Waals surface area contributed by atoms with Crippen LogP contribution in [-0.2, 0) is 13.0 Å². The van der Waals surface area contributed by atoms with E-state index in [2.05, 4.69) is 33.8 Å². The monoisotopic (exact) mass is 285 g/mol. The summed E-state index contributed by atoms with van der Waals surface area (Å²) in [7, 11) is 0. The van der Waals surface area contributed by atoms with Crippen molar-refractivity contribution in [1.29, 1.82) is 0 Å². The number of aryl methyl sites for hydroxylation is 1. The van der Waals surface area contributed by atoms with Gasteiger partial charge < -0.3 is 13.8 Å². The van der Waals surface area contributed by atoms with Crippen LogP contribution >= 0.6 is 0 Å². The molecule has 21 heavy (non-hydrogen) atoms. The van der Waals surface area contributed by atoms with Gasteiger partial charge in [-0.3, -0.25) is 0 Å². The van der Waals surface area contributed by atoms with Crippen LogP contribution in [-0.4, -0.2) is 21.3 Å². The van der Waals surface area contributed by atoms with Gasteiger partial charge in [0.25, 0.3) is 0 Å². The molecular weight excluding hydrogens is 266 g/mol. The van der Waals surface area contributed by atoms with Crippen LogP contribution in [0.15, 0.2) is 35.0 Å². The molecule has 2 heterocycles. The van der Waals surface area contributed by atoms with E-state index in [1.54, 1.807) is 0 Å². The van der Waals surface area contributed by atoms with E-state index in [-0.39, 0.29) is 0 Å². The molecule has 0 unspecified atom stereocenters. The second kappa shape index (κ2) is 5.99. The normalized spacial score (nSPS) is 11.1. The summed E-state index contributed by atoms with van der Waals surface area (Å²) in [6, 6.07) is 8.13. The highest BCUT2D eigenvalue weighted by Gasteiger charge is 2.10. The van der Waals surface area contributed by atoms with E-state index < -0.39 is 0 Å². The van der Waals surface area contributed by atoms with Gasteiger partial charge in [-0.05, 0) is 31.5 Å². The Morgan fingerprint density at radius 1 is 1.24 bits per heavy atom. The summed E-state index contributed by atoms with van der Waals surface area (Å²) in [6.07, 6.45) is 3.86. The highest BCUT2D eigenvalue weighted by atomic mass is 16.5. The minimum absolute atomic E-state index is 0.603. The van der Waals surface area contributed by atoms with Crippen molar-refractivity contribution in [3.63, 3.8) is 0 Å². The van der Waals surface area contributed by atoms with E-state index in [1.807, 2.05) is 25.3 Å². The van der Waals surface area contributed by atoms with E-state index in [9.17, 15) is 0 Å². The van der Waals surface area contributed by atoms with Crippen LogP contribution in [0.3, 0.4) is 0 Å². The Hall–Kier alpha value is -2.30. The lowest BCUT2D eigenvalue weighted by atomic mass is 10.2.